The van der Waals surface area contributed by atoms with Crippen molar-refractivity contribution in [2.45, 2.75) is 32.9 Å². The van der Waals surface area contributed by atoms with Crippen molar-refractivity contribution < 1.29 is 4.79 Å². The van der Waals surface area contributed by atoms with Gasteiger partial charge < -0.3 is 10.6 Å². The Hall–Kier alpha value is -2.36. The second kappa shape index (κ2) is 6.39. The number of rotatable bonds is 4. The molecule has 2 rings (SSSR count). The molecule has 110 valence electrons. The van der Waals surface area contributed by atoms with Crippen LogP contribution in [0.15, 0.2) is 48.8 Å². The van der Waals surface area contributed by atoms with Crippen LogP contribution in [0.3, 0.4) is 0 Å². The molecule has 0 spiro atoms. The molecule has 0 unspecified atom stereocenters. The second-order valence-corrected chi connectivity index (χ2v) is 6.01. The van der Waals surface area contributed by atoms with Crippen LogP contribution in [0.25, 0.3) is 0 Å². The minimum absolute atomic E-state index is 0.0686. The molecule has 0 radical (unpaired) electrons. The molecular weight excluding hydrogens is 262 g/mol. The highest BCUT2D eigenvalue weighted by Crippen LogP contribution is 2.14. The molecule has 0 saturated heterocycles. The van der Waals surface area contributed by atoms with Gasteiger partial charge in [-0.25, -0.2) is 0 Å². The minimum Gasteiger partial charge on any atom is -0.379 e. The average Bonchev–Trinajstić information content (AvgIpc) is 2.44. The van der Waals surface area contributed by atoms with Gasteiger partial charge in [0.1, 0.15) is 0 Å². The van der Waals surface area contributed by atoms with E-state index < -0.39 is 0 Å². The summed E-state index contributed by atoms with van der Waals surface area (Å²) in [5.41, 5.74) is 2.40. The van der Waals surface area contributed by atoms with Gasteiger partial charge in [-0.2, -0.15) is 0 Å². The van der Waals surface area contributed by atoms with E-state index in [1.165, 1.54) is 0 Å². The molecule has 2 N–H and O–H groups in total. The average molecular weight is 283 g/mol. The van der Waals surface area contributed by atoms with Gasteiger partial charge in [-0.05, 0) is 32.4 Å². The summed E-state index contributed by atoms with van der Waals surface area (Å²) < 4.78 is 0. The molecule has 1 amide bonds. The summed E-state index contributed by atoms with van der Waals surface area (Å²) in [5, 5.41) is 6.21. The van der Waals surface area contributed by atoms with Crippen molar-refractivity contribution >= 4 is 11.6 Å². The summed E-state index contributed by atoms with van der Waals surface area (Å²) >= 11 is 0. The Morgan fingerprint density at radius 1 is 1.14 bits per heavy atom. The van der Waals surface area contributed by atoms with Crippen LogP contribution in [0, 0.1) is 0 Å². The van der Waals surface area contributed by atoms with Crippen LogP contribution in [-0.4, -0.2) is 16.4 Å². The van der Waals surface area contributed by atoms with Gasteiger partial charge in [0.05, 0.1) is 11.3 Å². The van der Waals surface area contributed by atoms with Crippen molar-refractivity contribution in [2.24, 2.45) is 0 Å². The molecule has 4 heteroatoms. The van der Waals surface area contributed by atoms with Crippen molar-refractivity contribution in [3.63, 3.8) is 0 Å². The minimum atomic E-state index is -0.121. The molecule has 21 heavy (non-hydrogen) atoms. The predicted octanol–water partition coefficient (Wildman–Crippen LogP) is 3.22. The van der Waals surface area contributed by atoms with Gasteiger partial charge in [0.25, 0.3) is 5.91 Å². The van der Waals surface area contributed by atoms with Gasteiger partial charge in [0, 0.05) is 24.5 Å². The van der Waals surface area contributed by atoms with Gasteiger partial charge in [-0.3, -0.25) is 9.78 Å². The second-order valence-electron chi connectivity index (χ2n) is 6.01. The Bertz CT molecular complexity index is 603. The molecule has 0 aliphatic rings. The summed E-state index contributed by atoms with van der Waals surface area (Å²) in [6.07, 6.45) is 3.30. The van der Waals surface area contributed by atoms with Crippen LogP contribution in [0.2, 0.25) is 0 Å². The van der Waals surface area contributed by atoms with E-state index in [0.29, 0.717) is 12.1 Å². The third-order valence-corrected chi connectivity index (χ3v) is 2.82. The lowest BCUT2D eigenvalue weighted by Gasteiger charge is -2.22. The Kier molecular flexibility index (Phi) is 4.58. The van der Waals surface area contributed by atoms with Gasteiger partial charge in [0.2, 0.25) is 0 Å². The summed E-state index contributed by atoms with van der Waals surface area (Å²) in [4.78, 5) is 16.3. The van der Waals surface area contributed by atoms with Crippen LogP contribution >= 0.6 is 0 Å². The maximum absolute atomic E-state index is 12.2. The number of pyridine rings is 1. The van der Waals surface area contributed by atoms with E-state index in [9.17, 15) is 4.79 Å². The normalized spacial score (nSPS) is 11.0. The maximum atomic E-state index is 12.2. The first kappa shape index (κ1) is 15.0. The fourth-order valence-electron chi connectivity index (χ4n) is 1.95. The van der Waals surface area contributed by atoms with E-state index in [1.807, 2.05) is 36.4 Å². The Morgan fingerprint density at radius 3 is 2.52 bits per heavy atom. The zero-order valence-corrected chi connectivity index (χ0v) is 12.7. The molecule has 0 aliphatic heterocycles. The first-order chi connectivity index (χ1) is 9.94. The van der Waals surface area contributed by atoms with Crippen molar-refractivity contribution in [1.82, 2.24) is 10.3 Å². The number of anilines is 1. The highest BCUT2D eigenvalue weighted by Gasteiger charge is 2.12. The summed E-state index contributed by atoms with van der Waals surface area (Å²) in [6.45, 7) is 6.70. The Morgan fingerprint density at radius 2 is 1.86 bits per heavy atom. The standard InChI is InChI=1S/C17H21N3O/c1-17(2,3)20-15-9-14(11-18-12-15)16(21)19-10-13-7-5-4-6-8-13/h4-9,11-12,20H,10H2,1-3H3,(H,19,21). The largest absolute Gasteiger partial charge is 0.379 e. The number of hydrogen-bond acceptors (Lipinski definition) is 3. The fraction of sp³-hybridized carbons (Fsp3) is 0.294. The SMILES string of the molecule is CC(C)(C)Nc1cncc(C(=O)NCc2ccccc2)c1. The molecule has 2 aromatic rings. The van der Waals surface area contributed by atoms with E-state index in [-0.39, 0.29) is 11.4 Å². The lowest BCUT2D eigenvalue weighted by Crippen LogP contribution is -2.27. The lowest BCUT2D eigenvalue weighted by molar-refractivity contribution is 0.0950. The van der Waals surface area contributed by atoms with Crippen LogP contribution < -0.4 is 10.6 Å². The third-order valence-electron chi connectivity index (χ3n) is 2.82. The zero-order valence-electron chi connectivity index (χ0n) is 12.7. The van der Waals surface area contributed by atoms with Gasteiger partial charge >= 0.3 is 0 Å². The predicted molar refractivity (Wildman–Crippen MR) is 85.2 cm³/mol. The third kappa shape index (κ3) is 4.91. The van der Waals surface area contributed by atoms with Crippen molar-refractivity contribution in [3.8, 4) is 0 Å². The number of nitrogens with zero attached hydrogens (tertiary/aromatic N) is 1. The van der Waals surface area contributed by atoms with E-state index in [1.54, 1.807) is 12.4 Å². The summed E-state index contributed by atoms with van der Waals surface area (Å²) in [6, 6.07) is 11.6. The van der Waals surface area contributed by atoms with Crippen LogP contribution in [0.4, 0.5) is 5.69 Å². The number of nitrogens with one attached hydrogen (secondary N) is 2. The monoisotopic (exact) mass is 283 g/mol. The number of hydrogen-bond donors (Lipinski definition) is 2. The van der Waals surface area contributed by atoms with Gasteiger partial charge in [-0.1, -0.05) is 30.3 Å². The molecular formula is C17H21N3O. The highest BCUT2D eigenvalue weighted by atomic mass is 16.1. The Balaban J connectivity index is 2.01. The number of carbonyl (C=O) groups is 1. The first-order valence-corrected chi connectivity index (χ1v) is 6.99. The summed E-state index contributed by atoms with van der Waals surface area (Å²) in [7, 11) is 0. The molecule has 0 atom stereocenters. The van der Waals surface area contributed by atoms with E-state index in [0.717, 1.165) is 11.3 Å². The molecule has 0 fully saturated rings. The van der Waals surface area contributed by atoms with Crippen molar-refractivity contribution in [2.75, 3.05) is 5.32 Å². The molecule has 1 heterocycles. The molecule has 0 bridgehead atoms. The molecule has 4 nitrogen and oxygen atoms in total. The number of benzene rings is 1. The zero-order chi connectivity index (χ0) is 15.3. The number of amides is 1. The molecule has 0 aliphatic carbocycles. The van der Waals surface area contributed by atoms with Gasteiger partial charge in [0.15, 0.2) is 0 Å². The van der Waals surface area contributed by atoms with E-state index in [2.05, 4.69) is 36.4 Å². The van der Waals surface area contributed by atoms with E-state index >= 15 is 0 Å². The van der Waals surface area contributed by atoms with Crippen LogP contribution in [0.1, 0.15) is 36.7 Å². The number of aromatic nitrogens is 1. The maximum Gasteiger partial charge on any atom is 0.253 e. The Labute approximate surface area is 125 Å². The molecule has 0 saturated carbocycles. The van der Waals surface area contributed by atoms with E-state index in [4.69, 9.17) is 0 Å². The van der Waals surface area contributed by atoms with Crippen LogP contribution in [-0.2, 0) is 6.54 Å². The highest BCUT2D eigenvalue weighted by molar-refractivity contribution is 5.94. The van der Waals surface area contributed by atoms with Crippen molar-refractivity contribution in [3.05, 3.63) is 59.9 Å². The first-order valence-electron chi connectivity index (χ1n) is 6.99. The smallest absolute Gasteiger partial charge is 0.253 e. The van der Waals surface area contributed by atoms with Crippen LogP contribution in [0.5, 0.6) is 0 Å². The summed E-state index contributed by atoms with van der Waals surface area (Å²) in [5.74, 6) is -0.121. The number of carbonyl (C=O) groups excluding carboxylic acids is 1. The quantitative estimate of drug-likeness (QED) is 0.906. The van der Waals surface area contributed by atoms with Gasteiger partial charge in [-0.15, -0.1) is 0 Å². The lowest BCUT2D eigenvalue weighted by atomic mass is 10.1. The van der Waals surface area contributed by atoms with Crippen molar-refractivity contribution in [1.29, 1.82) is 0 Å². The molecule has 1 aromatic heterocycles. The fourth-order valence-corrected chi connectivity index (χ4v) is 1.95. The topological polar surface area (TPSA) is 54.0 Å². The molecule has 1 aromatic carbocycles.